The van der Waals surface area contributed by atoms with Crippen LogP contribution in [0.25, 0.3) is 32.9 Å². The number of alkyl halides is 5. The van der Waals surface area contributed by atoms with Gasteiger partial charge < -0.3 is 24.3 Å². The van der Waals surface area contributed by atoms with E-state index in [1.807, 2.05) is 24.3 Å². The molecular formula is C47H43F5N8O5. The van der Waals surface area contributed by atoms with Gasteiger partial charge in [-0.2, -0.15) is 22.0 Å². The van der Waals surface area contributed by atoms with Gasteiger partial charge in [0.1, 0.15) is 29.9 Å². The van der Waals surface area contributed by atoms with Gasteiger partial charge in [-0.25, -0.2) is 4.98 Å². The second-order valence-electron chi connectivity index (χ2n) is 16.4. The van der Waals surface area contributed by atoms with Crippen LogP contribution in [-0.4, -0.2) is 111 Å². The number of carbonyl (C=O) groups is 3. The number of aromatic nitrogens is 4. The van der Waals surface area contributed by atoms with Crippen LogP contribution in [-0.2, 0) is 17.8 Å². The van der Waals surface area contributed by atoms with Crippen LogP contribution in [0.4, 0.5) is 27.8 Å². The second-order valence-corrected chi connectivity index (χ2v) is 16.4. The van der Waals surface area contributed by atoms with Crippen LogP contribution in [0, 0.1) is 0 Å². The van der Waals surface area contributed by atoms with Crippen molar-refractivity contribution in [3.63, 3.8) is 0 Å². The number of piperidine rings is 1. The lowest BCUT2D eigenvalue weighted by Gasteiger charge is -2.35. The molecule has 2 aromatic carbocycles. The maximum absolute atomic E-state index is 14.9. The summed E-state index contributed by atoms with van der Waals surface area (Å²) in [6.07, 6.45) is 4.17. The maximum atomic E-state index is 14.9. The molecule has 7 heterocycles. The van der Waals surface area contributed by atoms with Gasteiger partial charge >= 0.3 is 12.1 Å². The van der Waals surface area contributed by atoms with Crippen LogP contribution in [0.3, 0.4) is 0 Å². The number of piperazine rings is 1. The number of nitrogens with zero attached hydrogens (tertiary/aromatic N) is 7. The Hall–Kier alpha value is -6.95. The zero-order chi connectivity index (χ0) is 45.5. The number of amides is 3. The number of hydrogen-bond acceptors (Lipinski definition) is 10. The molecule has 4 aromatic heterocycles. The molecule has 65 heavy (non-hydrogen) atoms. The van der Waals surface area contributed by atoms with E-state index >= 15 is 0 Å². The summed E-state index contributed by atoms with van der Waals surface area (Å²) in [5, 5.41) is 3.94. The van der Waals surface area contributed by atoms with Crippen molar-refractivity contribution in [3.8, 4) is 22.6 Å². The molecule has 3 amide bonds. The van der Waals surface area contributed by atoms with Crippen molar-refractivity contribution in [2.75, 3.05) is 50.8 Å². The van der Waals surface area contributed by atoms with Crippen LogP contribution in [0.15, 0.2) is 104 Å². The minimum absolute atomic E-state index is 0.0268. The SMILES string of the molecule is C=C1CCC(N2C(=O)c3ccc(OCC(F)(F)COc4ccc(N5CCN(CCCc6ccc(-c7ccc8c9cnccc9n(CC(F)(F)F)c8c7)cn6)CC5)nc4)cc3C2=O)C(=O)N1. The van der Waals surface area contributed by atoms with Crippen molar-refractivity contribution in [2.45, 2.75) is 50.4 Å². The average molecular weight is 895 g/mol. The highest BCUT2D eigenvalue weighted by atomic mass is 19.4. The van der Waals surface area contributed by atoms with Crippen molar-refractivity contribution < 1.29 is 45.8 Å². The van der Waals surface area contributed by atoms with Gasteiger partial charge in [0.15, 0.2) is 13.2 Å². The number of carbonyl (C=O) groups excluding carboxylic acids is 3. The van der Waals surface area contributed by atoms with Crippen LogP contribution in [0.5, 0.6) is 11.5 Å². The van der Waals surface area contributed by atoms with Gasteiger partial charge in [-0.05, 0) is 86.3 Å². The molecule has 1 N–H and O–H groups in total. The summed E-state index contributed by atoms with van der Waals surface area (Å²) in [5.41, 5.74) is 4.02. The van der Waals surface area contributed by atoms with Crippen LogP contribution in [0.2, 0.25) is 0 Å². The van der Waals surface area contributed by atoms with E-state index in [4.69, 9.17) is 9.47 Å². The number of fused-ring (bicyclic) bond motifs is 4. The molecule has 2 saturated heterocycles. The van der Waals surface area contributed by atoms with Gasteiger partial charge in [-0.1, -0.05) is 24.8 Å². The quantitative estimate of drug-likeness (QED) is 0.0869. The first-order chi connectivity index (χ1) is 31.2. The molecule has 13 nitrogen and oxygen atoms in total. The Labute approximate surface area is 369 Å². The monoisotopic (exact) mass is 894 g/mol. The summed E-state index contributed by atoms with van der Waals surface area (Å²) in [6.45, 7) is 4.52. The normalized spacial score (nSPS) is 17.3. The van der Waals surface area contributed by atoms with Crippen LogP contribution < -0.4 is 19.7 Å². The Morgan fingerprint density at radius 2 is 1.51 bits per heavy atom. The van der Waals surface area contributed by atoms with E-state index in [0.29, 0.717) is 39.7 Å². The molecule has 0 bridgehead atoms. The lowest BCUT2D eigenvalue weighted by Crippen LogP contribution is -2.51. The summed E-state index contributed by atoms with van der Waals surface area (Å²) < 4.78 is 82.4. The number of anilines is 1. The van der Waals surface area contributed by atoms with Gasteiger partial charge in [0.05, 0.1) is 28.4 Å². The zero-order valence-corrected chi connectivity index (χ0v) is 35.0. The van der Waals surface area contributed by atoms with Crippen LogP contribution in [0.1, 0.15) is 45.7 Å². The smallest absolute Gasteiger partial charge is 0.406 e. The third-order valence-corrected chi connectivity index (χ3v) is 11.9. The minimum Gasteiger partial charge on any atom is -0.487 e. The predicted molar refractivity (Wildman–Crippen MR) is 231 cm³/mol. The zero-order valence-electron chi connectivity index (χ0n) is 35.0. The number of aryl methyl sites for hydroxylation is 1. The standard InChI is InChI=1S/C47H43F5N8O5/c1-29-4-12-40(43(61)56-29)60-44(62)36-11-8-33(22-37(36)45(60)63)64-27-46(48,49)28-65-34-9-13-42(55-24-34)58-19-17-57(18-20-58)16-2-3-32-7-5-31(23-54-32)30-6-10-35-38-25-53-15-14-39(38)59(41(35)21-30)26-47(50,51)52/h5-11,13-15,21-25,40H,1-4,12,16-20,26-28H2,(H,56,61). The number of allylic oxidation sites excluding steroid dienone is 1. The fraction of sp³-hybridized carbons (Fsp3) is 0.319. The molecule has 6 aromatic rings. The number of hydrogen-bond donors (Lipinski definition) is 1. The first kappa shape index (κ1) is 43.3. The van der Waals surface area contributed by atoms with Crippen molar-refractivity contribution >= 4 is 45.3 Å². The fourth-order valence-electron chi connectivity index (χ4n) is 8.58. The number of halogens is 5. The van der Waals surface area contributed by atoms with E-state index in [9.17, 15) is 36.3 Å². The third-order valence-electron chi connectivity index (χ3n) is 11.9. The summed E-state index contributed by atoms with van der Waals surface area (Å²) in [7, 11) is 0. The molecular weight excluding hydrogens is 852 g/mol. The number of ether oxygens (including phenoxy) is 2. The molecule has 0 spiro atoms. The van der Waals surface area contributed by atoms with Crippen molar-refractivity contribution in [3.05, 3.63) is 121 Å². The number of benzene rings is 2. The molecule has 0 saturated carbocycles. The van der Waals surface area contributed by atoms with Gasteiger partial charge in [0.2, 0.25) is 5.91 Å². The largest absolute Gasteiger partial charge is 0.487 e. The number of pyridine rings is 3. The van der Waals surface area contributed by atoms with E-state index in [2.05, 4.69) is 36.6 Å². The van der Waals surface area contributed by atoms with Gasteiger partial charge in [0.25, 0.3) is 11.8 Å². The van der Waals surface area contributed by atoms with Gasteiger partial charge in [0, 0.05) is 72.5 Å². The average Bonchev–Trinajstić information content (AvgIpc) is 3.73. The molecule has 1 atom stereocenters. The van der Waals surface area contributed by atoms with Gasteiger partial charge in [-0.15, -0.1) is 0 Å². The first-order valence-corrected chi connectivity index (χ1v) is 21.2. The van der Waals surface area contributed by atoms with Crippen molar-refractivity contribution in [1.29, 1.82) is 0 Å². The maximum Gasteiger partial charge on any atom is 0.406 e. The van der Waals surface area contributed by atoms with E-state index in [1.165, 1.54) is 35.2 Å². The number of nitrogens with one attached hydrogen (secondary N) is 1. The Morgan fingerprint density at radius 1 is 0.754 bits per heavy atom. The van der Waals surface area contributed by atoms with Crippen LogP contribution >= 0.6 is 0 Å². The Morgan fingerprint density at radius 3 is 2.23 bits per heavy atom. The summed E-state index contributed by atoms with van der Waals surface area (Å²) in [4.78, 5) is 57.2. The van der Waals surface area contributed by atoms with E-state index in [0.717, 1.165) is 67.3 Å². The fourth-order valence-corrected chi connectivity index (χ4v) is 8.58. The van der Waals surface area contributed by atoms with Crippen molar-refractivity contribution in [1.82, 2.24) is 34.6 Å². The number of imide groups is 1. The third kappa shape index (κ3) is 9.34. The van der Waals surface area contributed by atoms with E-state index < -0.39 is 55.6 Å². The Kier molecular flexibility index (Phi) is 11.7. The second kappa shape index (κ2) is 17.6. The molecule has 1 unspecified atom stereocenters. The molecule has 3 aliphatic rings. The van der Waals surface area contributed by atoms with E-state index in [1.54, 1.807) is 36.7 Å². The first-order valence-electron chi connectivity index (χ1n) is 21.2. The molecule has 0 radical (unpaired) electrons. The topological polar surface area (TPSA) is 135 Å². The molecule has 336 valence electrons. The molecule has 9 rings (SSSR count). The molecule has 0 aliphatic carbocycles. The highest BCUT2D eigenvalue weighted by molar-refractivity contribution is 6.23. The lowest BCUT2D eigenvalue weighted by molar-refractivity contribution is -0.139. The summed E-state index contributed by atoms with van der Waals surface area (Å²) >= 11 is 0. The van der Waals surface area contributed by atoms with Crippen molar-refractivity contribution in [2.24, 2.45) is 0 Å². The Bertz CT molecular complexity index is 2790. The molecule has 18 heteroatoms. The van der Waals surface area contributed by atoms with E-state index in [-0.39, 0.29) is 29.0 Å². The minimum atomic E-state index is -4.38. The highest BCUT2D eigenvalue weighted by Crippen LogP contribution is 2.35. The lowest BCUT2D eigenvalue weighted by atomic mass is 10.0. The molecule has 2 fully saturated rings. The highest BCUT2D eigenvalue weighted by Gasteiger charge is 2.44. The number of rotatable bonds is 14. The summed E-state index contributed by atoms with van der Waals surface area (Å²) in [6, 6.07) is 17.2. The predicted octanol–water partition coefficient (Wildman–Crippen LogP) is 7.45. The Balaban J connectivity index is 0.709. The summed E-state index contributed by atoms with van der Waals surface area (Å²) in [5.74, 6) is -4.42. The molecule has 3 aliphatic heterocycles. The van der Waals surface area contributed by atoms with Gasteiger partial charge in [-0.3, -0.25) is 34.2 Å².